The van der Waals surface area contributed by atoms with Crippen LogP contribution >= 0.6 is 27.3 Å². The first-order valence-corrected chi connectivity index (χ1v) is 5.99. The van der Waals surface area contributed by atoms with Crippen molar-refractivity contribution in [2.24, 2.45) is 0 Å². The maximum Gasteiger partial charge on any atom is 0.328 e. The molecule has 1 heterocycles. The number of hydrogen-bond acceptors (Lipinski definition) is 3. The molecule has 15 heavy (non-hydrogen) atoms. The fourth-order valence-corrected chi connectivity index (χ4v) is 2.80. The molecule has 1 aromatic heterocycles. The predicted molar refractivity (Wildman–Crippen MR) is 65.2 cm³/mol. The predicted octanol–water partition coefficient (Wildman–Crippen LogP) is 2.75. The zero-order chi connectivity index (χ0) is 11.4. The van der Waals surface area contributed by atoms with E-state index in [4.69, 9.17) is 5.11 Å². The van der Waals surface area contributed by atoms with Gasteiger partial charge in [0.2, 0.25) is 0 Å². The number of likely N-dealkylation sites (N-methyl/N-ethyl adjacent to an activating group) is 1. The van der Waals surface area contributed by atoms with Crippen molar-refractivity contribution in [3.8, 4) is 0 Å². The number of hydrogen-bond donors (Lipinski definition) is 1. The van der Waals surface area contributed by atoms with Gasteiger partial charge in [-0.3, -0.25) is 4.90 Å². The molecule has 0 bridgehead atoms. The Morgan fingerprint density at radius 2 is 2.33 bits per heavy atom. The van der Waals surface area contributed by atoms with Crippen LogP contribution in [0.25, 0.3) is 0 Å². The van der Waals surface area contributed by atoms with Crippen LogP contribution in [0.15, 0.2) is 28.1 Å². The summed E-state index contributed by atoms with van der Waals surface area (Å²) in [6, 6.07) is 2.01. The van der Waals surface area contributed by atoms with Crippen molar-refractivity contribution in [2.45, 2.75) is 6.04 Å². The minimum atomic E-state index is -0.919. The average molecular weight is 290 g/mol. The SMILES string of the molecule is CN(C)C(/C=C/C(=O)O)c1cc(Br)cs1. The molecule has 1 atom stereocenters. The first kappa shape index (κ1) is 12.4. The maximum absolute atomic E-state index is 10.5. The number of rotatable bonds is 4. The third-order valence-electron chi connectivity index (χ3n) is 1.86. The summed E-state index contributed by atoms with van der Waals surface area (Å²) in [5, 5.41) is 10.6. The van der Waals surface area contributed by atoms with Gasteiger partial charge in [-0.25, -0.2) is 4.79 Å². The summed E-state index contributed by atoms with van der Waals surface area (Å²) < 4.78 is 1.03. The molecule has 0 aliphatic heterocycles. The summed E-state index contributed by atoms with van der Waals surface area (Å²) in [5.41, 5.74) is 0. The quantitative estimate of drug-likeness (QED) is 0.867. The van der Waals surface area contributed by atoms with Crippen molar-refractivity contribution in [1.29, 1.82) is 0 Å². The van der Waals surface area contributed by atoms with Crippen molar-refractivity contribution >= 4 is 33.2 Å². The van der Waals surface area contributed by atoms with Gasteiger partial charge in [-0.2, -0.15) is 0 Å². The lowest BCUT2D eigenvalue weighted by Crippen LogP contribution is -2.17. The second-order valence-corrected chi connectivity index (χ2v) is 5.13. The van der Waals surface area contributed by atoms with Gasteiger partial charge < -0.3 is 5.11 Å². The van der Waals surface area contributed by atoms with Crippen molar-refractivity contribution in [3.63, 3.8) is 0 Å². The summed E-state index contributed by atoms with van der Waals surface area (Å²) >= 11 is 4.99. The zero-order valence-corrected chi connectivity index (χ0v) is 10.9. The molecule has 5 heteroatoms. The third-order valence-corrected chi connectivity index (χ3v) is 3.62. The monoisotopic (exact) mass is 289 g/mol. The molecule has 0 radical (unpaired) electrons. The average Bonchev–Trinajstić information content (AvgIpc) is 2.51. The van der Waals surface area contributed by atoms with Gasteiger partial charge in [0, 0.05) is 20.8 Å². The van der Waals surface area contributed by atoms with E-state index in [1.54, 1.807) is 17.4 Å². The van der Waals surface area contributed by atoms with Gasteiger partial charge in [0.05, 0.1) is 6.04 Å². The molecule has 82 valence electrons. The molecule has 0 fully saturated rings. The van der Waals surface area contributed by atoms with Gasteiger partial charge in [-0.05, 0) is 36.1 Å². The summed E-state index contributed by atoms with van der Waals surface area (Å²) in [7, 11) is 3.84. The molecule has 0 aliphatic carbocycles. The molecular weight excluding hydrogens is 278 g/mol. The van der Waals surface area contributed by atoms with E-state index in [1.165, 1.54) is 6.08 Å². The fraction of sp³-hybridized carbons (Fsp3) is 0.300. The Hall–Kier alpha value is -0.650. The van der Waals surface area contributed by atoms with Crippen LogP contribution in [0.1, 0.15) is 10.9 Å². The van der Waals surface area contributed by atoms with E-state index < -0.39 is 5.97 Å². The highest BCUT2D eigenvalue weighted by Crippen LogP contribution is 2.29. The second-order valence-electron chi connectivity index (χ2n) is 3.27. The molecule has 0 aliphatic rings. The largest absolute Gasteiger partial charge is 0.478 e. The molecular formula is C10H12BrNO2S. The fourth-order valence-electron chi connectivity index (χ4n) is 1.18. The minimum Gasteiger partial charge on any atom is -0.478 e. The second kappa shape index (κ2) is 5.44. The normalized spacial score (nSPS) is 13.6. The number of halogens is 1. The van der Waals surface area contributed by atoms with Crippen molar-refractivity contribution in [1.82, 2.24) is 4.90 Å². The number of carbonyl (C=O) groups is 1. The van der Waals surface area contributed by atoms with E-state index >= 15 is 0 Å². The summed E-state index contributed by atoms with van der Waals surface area (Å²) in [6.45, 7) is 0. The van der Waals surface area contributed by atoms with E-state index in [0.29, 0.717) is 0 Å². The number of carboxylic acid groups (broad SMARTS) is 1. The smallest absolute Gasteiger partial charge is 0.328 e. The lowest BCUT2D eigenvalue weighted by atomic mass is 10.2. The van der Waals surface area contributed by atoms with E-state index in [-0.39, 0.29) is 6.04 Å². The van der Waals surface area contributed by atoms with Gasteiger partial charge in [-0.1, -0.05) is 6.08 Å². The van der Waals surface area contributed by atoms with E-state index in [1.807, 2.05) is 30.4 Å². The lowest BCUT2D eigenvalue weighted by Gasteiger charge is -2.19. The maximum atomic E-state index is 10.5. The summed E-state index contributed by atoms with van der Waals surface area (Å²) in [4.78, 5) is 13.5. The molecule has 1 unspecified atom stereocenters. The first-order chi connectivity index (χ1) is 7.00. The Bertz CT molecular complexity index is 373. The van der Waals surface area contributed by atoms with Crippen molar-refractivity contribution in [3.05, 3.63) is 32.9 Å². The van der Waals surface area contributed by atoms with Crippen molar-refractivity contribution < 1.29 is 9.90 Å². The highest BCUT2D eigenvalue weighted by Gasteiger charge is 2.12. The van der Waals surface area contributed by atoms with Gasteiger partial charge in [0.1, 0.15) is 0 Å². The first-order valence-electron chi connectivity index (χ1n) is 4.32. The number of thiophene rings is 1. The number of aliphatic carboxylic acids is 1. The van der Waals surface area contributed by atoms with Crippen LogP contribution in [-0.2, 0) is 4.79 Å². The Morgan fingerprint density at radius 1 is 1.67 bits per heavy atom. The minimum absolute atomic E-state index is 0.0115. The van der Waals surface area contributed by atoms with Crippen LogP contribution in [0.3, 0.4) is 0 Å². The van der Waals surface area contributed by atoms with Crippen LogP contribution in [0, 0.1) is 0 Å². The Labute approximate surface area is 101 Å². The van der Waals surface area contributed by atoms with E-state index in [0.717, 1.165) is 9.35 Å². The molecule has 1 aromatic rings. The van der Waals surface area contributed by atoms with Gasteiger partial charge >= 0.3 is 5.97 Å². The molecule has 1 rings (SSSR count). The Kier molecular flexibility index (Phi) is 4.50. The van der Waals surface area contributed by atoms with Crippen LogP contribution in [0.2, 0.25) is 0 Å². The highest BCUT2D eigenvalue weighted by molar-refractivity contribution is 9.10. The standard InChI is InChI=1S/C10H12BrNO2S/c1-12(2)8(3-4-10(13)14)9-5-7(11)6-15-9/h3-6,8H,1-2H3,(H,13,14)/b4-3+. The molecule has 0 spiro atoms. The highest BCUT2D eigenvalue weighted by atomic mass is 79.9. The number of carboxylic acids is 1. The zero-order valence-electron chi connectivity index (χ0n) is 8.48. The van der Waals surface area contributed by atoms with Gasteiger partial charge in [0.15, 0.2) is 0 Å². The Balaban J connectivity index is 2.88. The van der Waals surface area contributed by atoms with E-state index in [2.05, 4.69) is 15.9 Å². The van der Waals surface area contributed by atoms with Crippen LogP contribution in [0.4, 0.5) is 0 Å². The molecule has 0 aromatic carbocycles. The topological polar surface area (TPSA) is 40.5 Å². The summed E-state index contributed by atoms with van der Waals surface area (Å²) in [5.74, 6) is -0.919. The molecule has 0 saturated carbocycles. The van der Waals surface area contributed by atoms with Crippen LogP contribution in [-0.4, -0.2) is 30.1 Å². The summed E-state index contributed by atoms with van der Waals surface area (Å²) in [6.07, 6.45) is 2.86. The van der Waals surface area contributed by atoms with Crippen molar-refractivity contribution in [2.75, 3.05) is 14.1 Å². The Morgan fingerprint density at radius 3 is 2.73 bits per heavy atom. The molecule has 1 N–H and O–H groups in total. The van der Waals surface area contributed by atoms with Crippen LogP contribution in [0.5, 0.6) is 0 Å². The van der Waals surface area contributed by atoms with Crippen LogP contribution < -0.4 is 0 Å². The third kappa shape index (κ3) is 3.77. The van der Waals surface area contributed by atoms with Gasteiger partial charge in [0.25, 0.3) is 0 Å². The molecule has 0 amide bonds. The molecule has 0 saturated heterocycles. The molecule has 3 nitrogen and oxygen atoms in total. The number of nitrogens with zero attached hydrogens (tertiary/aromatic N) is 1. The lowest BCUT2D eigenvalue weighted by molar-refractivity contribution is -0.131. The van der Waals surface area contributed by atoms with Gasteiger partial charge in [-0.15, -0.1) is 11.3 Å². The van der Waals surface area contributed by atoms with E-state index in [9.17, 15) is 4.79 Å².